The number of pyridine rings is 1. The highest BCUT2D eigenvalue weighted by molar-refractivity contribution is 7.80. The molecule has 2 aromatic rings. The van der Waals surface area contributed by atoms with E-state index < -0.39 is 0 Å². The monoisotopic (exact) mass is 432 g/mol. The summed E-state index contributed by atoms with van der Waals surface area (Å²) in [6, 6.07) is 5.67. The Bertz CT molecular complexity index is 958. The van der Waals surface area contributed by atoms with Crippen LogP contribution < -0.4 is 20.3 Å². The van der Waals surface area contributed by atoms with Gasteiger partial charge >= 0.3 is 0 Å². The number of nitrogens with one attached hydrogen (secondary N) is 2. The van der Waals surface area contributed by atoms with Crippen molar-refractivity contribution in [3.63, 3.8) is 0 Å². The van der Waals surface area contributed by atoms with Crippen molar-refractivity contribution in [2.75, 3.05) is 59.2 Å². The number of hydrogen-bond donors (Lipinski definition) is 2. The van der Waals surface area contributed by atoms with Crippen molar-refractivity contribution in [2.24, 2.45) is 0 Å². The van der Waals surface area contributed by atoms with Crippen LogP contribution in [0.3, 0.4) is 0 Å². The van der Waals surface area contributed by atoms with Crippen LogP contribution in [0, 0.1) is 0 Å². The van der Waals surface area contributed by atoms with Gasteiger partial charge in [-0.25, -0.2) is 0 Å². The third-order valence-corrected chi connectivity index (χ3v) is 5.75. The molecular formula is C21H28N4O4S. The topological polar surface area (TPSA) is 79.1 Å². The van der Waals surface area contributed by atoms with Crippen LogP contribution in [0.1, 0.15) is 12.5 Å². The van der Waals surface area contributed by atoms with Gasteiger partial charge < -0.3 is 29.4 Å². The van der Waals surface area contributed by atoms with Crippen LogP contribution in [0.4, 0.5) is 0 Å². The molecule has 0 saturated carbocycles. The second-order valence-corrected chi connectivity index (χ2v) is 7.80. The number of H-pyrrole nitrogens is 1. The highest BCUT2D eigenvalue weighted by Crippen LogP contribution is 2.33. The number of benzene rings is 1. The Kier molecular flexibility index (Phi) is 6.71. The molecule has 0 amide bonds. The van der Waals surface area contributed by atoms with E-state index in [1.807, 2.05) is 25.1 Å². The predicted octanol–water partition coefficient (Wildman–Crippen LogP) is 1.33. The summed E-state index contributed by atoms with van der Waals surface area (Å²) in [6.45, 7) is 9.22. The molecule has 162 valence electrons. The van der Waals surface area contributed by atoms with Gasteiger partial charge in [0.25, 0.3) is 5.56 Å². The van der Waals surface area contributed by atoms with Crippen LogP contribution in [0.25, 0.3) is 10.9 Å². The zero-order valence-corrected chi connectivity index (χ0v) is 18.1. The van der Waals surface area contributed by atoms with Crippen LogP contribution in [0.5, 0.6) is 11.5 Å². The predicted molar refractivity (Wildman–Crippen MR) is 120 cm³/mol. The summed E-state index contributed by atoms with van der Waals surface area (Å²) in [5.41, 5.74) is 1.29. The number of nitrogens with zero attached hydrogens (tertiary/aromatic N) is 2. The summed E-state index contributed by atoms with van der Waals surface area (Å²) < 4.78 is 16.7. The summed E-state index contributed by atoms with van der Waals surface area (Å²) in [5, 5.41) is 4.79. The molecule has 0 unspecified atom stereocenters. The van der Waals surface area contributed by atoms with Gasteiger partial charge in [0.1, 0.15) is 13.2 Å². The lowest BCUT2D eigenvalue weighted by atomic mass is 10.1. The third kappa shape index (κ3) is 4.85. The van der Waals surface area contributed by atoms with Crippen molar-refractivity contribution in [2.45, 2.75) is 13.5 Å². The summed E-state index contributed by atoms with van der Waals surface area (Å²) >= 11 is 5.58. The zero-order chi connectivity index (χ0) is 20.9. The normalized spacial score (nSPS) is 16.4. The van der Waals surface area contributed by atoms with Gasteiger partial charge in [0, 0.05) is 49.7 Å². The number of ether oxygens (including phenoxy) is 3. The summed E-state index contributed by atoms with van der Waals surface area (Å²) in [5.74, 6) is 1.37. The van der Waals surface area contributed by atoms with Crippen LogP contribution in [0.2, 0.25) is 0 Å². The van der Waals surface area contributed by atoms with Crippen molar-refractivity contribution in [1.29, 1.82) is 0 Å². The molecule has 8 nitrogen and oxygen atoms in total. The van der Waals surface area contributed by atoms with E-state index >= 15 is 0 Å². The lowest BCUT2D eigenvalue weighted by molar-refractivity contribution is 0.0357. The number of aromatic nitrogens is 1. The molecule has 1 saturated heterocycles. The first kappa shape index (κ1) is 20.9. The number of aromatic amines is 1. The van der Waals surface area contributed by atoms with Crippen molar-refractivity contribution < 1.29 is 14.2 Å². The van der Waals surface area contributed by atoms with Gasteiger partial charge in [0.05, 0.1) is 25.3 Å². The molecule has 1 aromatic heterocycles. The Morgan fingerprint density at radius 3 is 2.63 bits per heavy atom. The SMILES string of the molecule is CCNC(=S)N(CCN1CCOCC1)Cc1cc2cc3c(cc2[nH]c1=O)OCCO3. The van der Waals surface area contributed by atoms with Crippen LogP contribution in [-0.4, -0.2) is 79.0 Å². The molecule has 1 aromatic carbocycles. The van der Waals surface area contributed by atoms with E-state index in [9.17, 15) is 4.79 Å². The molecule has 0 spiro atoms. The van der Waals surface area contributed by atoms with Gasteiger partial charge in [0.2, 0.25) is 0 Å². The third-order valence-electron chi connectivity index (χ3n) is 5.35. The molecule has 2 aliphatic heterocycles. The lowest BCUT2D eigenvalue weighted by Gasteiger charge is -2.31. The molecule has 0 atom stereocenters. The number of fused-ring (bicyclic) bond motifs is 2. The summed E-state index contributed by atoms with van der Waals surface area (Å²) in [7, 11) is 0. The smallest absolute Gasteiger partial charge is 0.253 e. The van der Waals surface area contributed by atoms with Gasteiger partial charge in [0.15, 0.2) is 16.6 Å². The minimum atomic E-state index is -0.116. The number of rotatable bonds is 6. The minimum absolute atomic E-state index is 0.116. The maximum absolute atomic E-state index is 12.8. The van der Waals surface area contributed by atoms with Crippen LogP contribution in [-0.2, 0) is 11.3 Å². The molecule has 9 heteroatoms. The van der Waals surface area contributed by atoms with Gasteiger partial charge in [-0.15, -0.1) is 0 Å². The van der Waals surface area contributed by atoms with Crippen molar-refractivity contribution in [3.05, 3.63) is 34.1 Å². The first-order valence-corrected chi connectivity index (χ1v) is 10.8. The molecule has 2 aliphatic rings. The van der Waals surface area contributed by atoms with E-state index in [4.69, 9.17) is 26.4 Å². The molecule has 4 rings (SSSR count). The molecule has 3 heterocycles. The Morgan fingerprint density at radius 2 is 1.90 bits per heavy atom. The fraction of sp³-hybridized carbons (Fsp3) is 0.524. The Balaban J connectivity index is 1.55. The van der Waals surface area contributed by atoms with Gasteiger partial charge in [-0.05, 0) is 31.3 Å². The number of morpholine rings is 1. The van der Waals surface area contributed by atoms with Crippen molar-refractivity contribution >= 4 is 28.2 Å². The van der Waals surface area contributed by atoms with E-state index in [1.165, 1.54) is 0 Å². The van der Waals surface area contributed by atoms with Gasteiger partial charge in [-0.1, -0.05) is 0 Å². The molecule has 0 radical (unpaired) electrons. The quantitative estimate of drug-likeness (QED) is 0.662. The summed E-state index contributed by atoms with van der Waals surface area (Å²) in [6.07, 6.45) is 0. The van der Waals surface area contributed by atoms with E-state index in [2.05, 4.69) is 20.1 Å². The molecule has 1 fully saturated rings. The summed E-state index contributed by atoms with van der Waals surface area (Å²) in [4.78, 5) is 20.2. The second kappa shape index (κ2) is 9.63. The Hall–Kier alpha value is -2.36. The largest absolute Gasteiger partial charge is 0.486 e. The van der Waals surface area contributed by atoms with E-state index in [0.29, 0.717) is 41.9 Å². The average molecular weight is 433 g/mol. The fourth-order valence-corrected chi connectivity index (χ4v) is 4.01. The van der Waals surface area contributed by atoms with Gasteiger partial charge in [-0.3, -0.25) is 9.69 Å². The van der Waals surface area contributed by atoms with Crippen molar-refractivity contribution in [3.8, 4) is 11.5 Å². The highest BCUT2D eigenvalue weighted by atomic mass is 32.1. The Labute approximate surface area is 181 Å². The number of hydrogen-bond acceptors (Lipinski definition) is 6. The maximum Gasteiger partial charge on any atom is 0.253 e. The molecular weight excluding hydrogens is 404 g/mol. The fourth-order valence-electron chi connectivity index (χ4n) is 3.71. The first-order valence-electron chi connectivity index (χ1n) is 10.4. The lowest BCUT2D eigenvalue weighted by Crippen LogP contribution is -2.46. The van der Waals surface area contributed by atoms with E-state index in [-0.39, 0.29) is 5.56 Å². The zero-order valence-electron chi connectivity index (χ0n) is 17.2. The van der Waals surface area contributed by atoms with E-state index in [0.717, 1.165) is 56.8 Å². The molecule has 2 N–H and O–H groups in total. The van der Waals surface area contributed by atoms with Gasteiger partial charge in [-0.2, -0.15) is 0 Å². The first-order chi connectivity index (χ1) is 14.6. The number of thiocarbonyl (C=S) groups is 1. The maximum atomic E-state index is 12.8. The average Bonchev–Trinajstić information content (AvgIpc) is 2.76. The second-order valence-electron chi connectivity index (χ2n) is 7.42. The standard InChI is InChI=1S/C21H28N4O4S/c1-2-22-21(30)25(4-3-24-5-7-27-8-6-24)14-16-11-15-12-18-19(29-10-9-28-18)13-17(15)23-20(16)26/h11-13H,2-10,14H2,1H3,(H,22,30)(H,23,26). The Morgan fingerprint density at radius 1 is 1.17 bits per heavy atom. The van der Waals surface area contributed by atoms with Crippen molar-refractivity contribution in [1.82, 2.24) is 20.1 Å². The van der Waals surface area contributed by atoms with Crippen LogP contribution in [0.15, 0.2) is 23.0 Å². The van der Waals surface area contributed by atoms with E-state index in [1.54, 1.807) is 0 Å². The highest BCUT2D eigenvalue weighted by Gasteiger charge is 2.18. The molecule has 30 heavy (non-hydrogen) atoms. The van der Waals surface area contributed by atoms with Crippen LogP contribution >= 0.6 is 12.2 Å². The minimum Gasteiger partial charge on any atom is -0.486 e. The molecule has 0 bridgehead atoms. The molecule has 0 aliphatic carbocycles.